The fourth-order valence-corrected chi connectivity index (χ4v) is 2.99. The third-order valence-corrected chi connectivity index (χ3v) is 4.62. The summed E-state index contributed by atoms with van der Waals surface area (Å²) in [5.74, 6) is 1.14. The molecule has 0 radical (unpaired) electrons. The number of tetrazole rings is 1. The Morgan fingerprint density at radius 3 is 2.37 bits per heavy atom. The van der Waals surface area contributed by atoms with Crippen LogP contribution in [-0.4, -0.2) is 33.3 Å². The van der Waals surface area contributed by atoms with E-state index in [4.69, 9.17) is 9.47 Å². The number of nitrogens with zero attached hydrogens (tertiary/aromatic N) is 4. The highest BCUT2D eigenvalue weighted by atomic mass is 16.5. The lowest BCUT2D eigenvalue weighted by Gasteiger charge is -2.12. The topological polar surface area (TPSA) is 79.1 Å². The van der Waals surface area contributed by atoms with Crippen molar-refractivity contribution < 1.29 is 14.3 Å². The average Bonchev–Trinajstić information content (AvgIpc) is 3.21. The van der Waals surface area contributed by atoms with Gasteiger partial charge in [0, 0.05) is 12.5 Å². The molecule has 7 heteroatoms. The van der Waals surface area contributed by atoms with Crippen LogP contribution >= 0.6 is 0 Å². The van der Waals surface area contributed by atoms with Crippen molar-refractivity contribution in [2.24, 2.45) is 0 Å². The summed E-state index contributed by atoms with van der Waals surface area (Å²) in [7, 11) is 1.64. The zero-order valence-corrected chi connectivity index (χ0v) is 17.3. The quantitative estimate of drug-likeness (QED) is 0.418. The van der Waals surface area contributed by atoms with Gasteiger partial charge in [-0.05, 0) is 51.7 Å². The summed E-state index contributed by atoms with van der Waals surface area (Å²) in [4.78, 5) is 11.0. The summed E-state index contributed by atoms with van der Waals surface area (Å²) < 4.78 is 12.0. The standard InChI is InChI=1S/C23H24N4O3/c1-5-22(16(2)20-10-6-19(7-11-20)15-30-17(3)28)23-24-25-26-27(23)14-18-8-12-21(29-4)13-9-18/h5-13H,2,14-15H2,1,3-4H3/b22-5+. The van der Waals surface area contributed by atoms with Crippen LogP contribution in [0.2, 0.25) is 0 Å². The molecule has 3 rings (SSSR count). The van der Waals surface area contributed by atoms with E-state index in [1.54, 1.807) is 11.8 Å². The van der Waals surface area contributed by atoms with Gasteiger partial charge in [0.25, 0.3) is 0 Å². The summed E-state index contributed by atoms with van der Waals surface area (Å²) in [5, 5.41) is 12.2. The number of hydrogen-bond acceptors (Lipinski definition) is 6. The van der Waals surface area contributed by atoms with E-state index in [0.29, 0.717) is 12.4 Å². The Hall–Kier alpha value is -3.74. The van der Waals surface area contributed by atoms with E-state index in [1.165, 1.54) is 6.92 Å². The van der Waals surface area contributed by atoms with Crippen molar-refractivity contribution in [2.45, 2.75) is 27.0 Å². The Bertz CT molecular complexity index is 1050. The predicted molar refractivity (Wildman–Crippen MR) is 115 cm³/mol. The molecule has 0 saturated carbocycles. The molecule has 0 amide bonds. The molecular weight excluding hydrogens is 380 g/mol. The van der Waals surface area contributed by atoms with Gasteiger partial charge in [-0.25, -0.2) is 4.68 Å². The van der Waals surface area contributed by atoms with Crippen LogP contribution in [0, 0.1) is 0 Å². The normalized spacial score (nSPS) is 11.2. The van der Waals surface area contributed by atoms with E-state index in [1.807, 2.05) is 61.5 Å². The first kappa shape index (κ1) is 21.0. The van der Waals surface area contributed by atoms with Crippen LogP contribution in [0.5, 0.6) is 5.75 Å². The fraction of sp³-hybridized carbons (Fsp3) is 0.217. The highest BCUT2D eigenvalue weighted by Gasteiger charge is 2.16. The lowest BCUT2D eigenvalue weighted by molar-refractivity contribution is -0.142. The molecule has 0 spiro atoms. The van der Waals surface area contributed by atoms with Crippen LogP contribution in [0.25, 0.3) is 11.1 Å². The first-order valence-corrected chi connectivity index (χ1v) is 9.49. The second kappa shape index (κ2) is 9.65. The van der Waals surface area contributed by atoms with Gasteiger partial charge in [0.1, 0.15) is 12.4 Å². The van der Waals surface area contributed by atoms with E-state index in [9.17, 15) is 4.79 Å². The smallest absolute Gasteiger partial charge is 0.302 e. The third-order valence-electron chi connectivity index (χ3n) is 4.62. The molecule has 0 fully saturated rings. The highest BCUT2D eigenvalue weighted by Crippen LogP contribution is 2.29. The molecule has 30 heavy (non-hydrogen) atoms. The summed E-state index contributed by atoms with van der Waals surface area (Å²) in [5.41, 5.74) is 4.56. The molecule has 3 aromatic rings. The van der Waals surface area contributed by atoms with Crippen LogP contribution in [0.3, 0.4) is 0 Å². The molecule has 0 saturated heterocycles. The second-order valence-corrected chi connectivity index (χ2v) is 6.67. The van der Waals surface area contributed by atoms with Crippen molar-refractivity contribution in [1.29, 1.82) is 0 Å². The van der Waals surface area contributed by atoms with Gasteiger partial charge in [0.2, 0.25) is 0 Å². The van der Waals surface area contributed by atoms with Crippen LogP contribution in [0.4, 0.5) is 0 Å². The number of ether oxygens (including phenoxy) is 2. The van der Waals surface area contributed by atoms with Crippen LogP contribution in [0.15, 0.2) is 61.2 Å². The van der Waals surface area contributed by atoms with Gasteiger partial charge < -0.3 is 9.47 Å². The first-order valence-electron chi connectivity index (χ1n) is 9.49. The minimum absolute atomic E-state index is 0.249. The molecule has 0 N–H and O–H groups in total. The molecule has 2 aromatic carbocycles. The minimum atomic E-state index is -0.302. The maximum atomic E-state index is 11.0. The summed E-state index contributed by atoms with van der Waals surface area (Å²) in [6.45, 7) is 8.35. The largest absolute Gasteiger partial charge is 0.497 e. The number of hydrogen-bond donors (Lipinski definition) is 0. The molecule has 1 heterocycles. The van der Waals surface area contributed by atoms with Crippen LogP contribution in [0.1, 0.15) is 36.4 Å². The van der Waals surface area contributed by atoms with Gasteiger partial charge in [0.05, 0.1) is 13.7 Å². The monoisotopic (exact) mass is 404 g/mol. The van der Waals surface area contributed by atoms with E-state index < -0.39 is 0 Å². The highest BCUT2D eigenvalue weighted by molar-refractivity contribution is 6.02. The second-order valence-electron chi connectivity index (χ2n) is 6.67. The number of methoxy groups -OCH3 is 1. The Kier molecular flexibility index (Phi) is 6.75. The molecule has 0 atom stereocenters. The summed E-state index contributed by atoms with van der Waals surface area (Å²) in [6, 6.07) is 15.5. The van der Waals surface area contributed by atoms with E-state index in [-0.39, 0.29) is 12.6 Å². The minimum Gasteiger partial charge on any atom is -0.497 e. The first-order chi connectivity index (χ1) is 14.5. The number of rotatable bonds is 8. The molecule has 7 nitrogen and oxygen atoms in total. The van der Waals surface area contributed by atoms with Gasteiger partial charge >= 0.3 is 5.97 Å². The van der Waals surface area contributed by atoms with Gasteiger partial charge in [-0.2, -0.15) is 0 Å². The molecule has 0 bridgehead atoms. The number of benzene rings is 2. The third kappa shape index (κ3) is 5.00. The maximum absolute atomic E-state index is 11.0. The maximum Gasteiger partial charge on any atom is 0.302 e. The SMILES string of the molecule is C=C(/C(=C\C)c1nnnn1Cc1ccc(OC)cc1)c1ccc(COC(C)=O)cc1. The Labute approximate surface area is 175 Å². The molecular formula is C23H24N4O3. The summed E-state index contributed by atoms with van der Waals surface area (Å²) >= 11 is 0. The van der Waals surface area contributed by atoms with Gasteiger partial charge in [0.15, 0.2) is 5.82 Å². The van der Waals surface area contributed by atoms with E-state index in [2.05, 4.69) is 22.1 Å². The fourth-order valence-electron chi connectivity index (χ4n) is 2.99. The van der Waals surface area contributed by atoms with Crippen molar-refractivity contribution >= 4 is 17.1 Å². The van der Waals surface area contributed by atoms with Gasteiger partial charge in [-0.3, -0.25) is 4.79 Å². The van der Waals surface area contributed by atoms with Crippen molar-refractivity contribution in [3.8, 4) is 5.75 Å². The Morgan fingerprint density at radius 2 is 1.77 bits per heavy atom. The molecule has 1 aromatic heterocycles. The van der Waals surface area contributed by atoms with Gasteiger partial charge in [-0.15, -0.1) is 5.10 Å². The molecule has 0 aliphatic rings. The predicted octanol–water partition coefficient (Wildman–Crippen LogP) is 3.91. The van der Waals surface area contributed by atoms with Crippen molar-refractivity contribution in [2.75, 3.05) is 7.11 Å². The Balaban J connectivity index is 1.78. The van der Waals surface area contributed by atoms with Crippen LogP contribution in [-0.2, 0) is 22.7 Å². The zero-order chi connectivity index (χ0) is 21.5. The Morgan fingerprint density at radius 1 is 1.10 bits per heavy atom. The number of aromatic nitrogens is 4. The number of esters is 1. The van der Waals surface area contributed by atoms with E-state index in [0.717, 1.165) is 33.6 Å². The van der Waals surface area contributed by atoms with Crippen molar-refractivity contribution in [3.05, 3.63) is 83.7 Å². The lowest BCUT2D eigenvalue weighted by Crippen LogP contribution is -2.07. The van der Waals surface area contributed by atoms with Crippen LogP contribution < -0.4 is 4.74 Å². The number of carbonyl (C=O) groups excluding carboxylic acids is 1. The average molecular weight is 404 g/mol. The van der Waals surface area contributed by atoms with Crippen molar-refractivity contribution in [3.63, 3.8) is 0 Å². The molecule has 154 valence electrons. The zero-order valence-electron chi connectivity index (χ0n) is 17.3. The number of allylic oxidation sites excluding steroid dienone is 3. The summed E-state index contributed by atoms with van der Waals surface area (Å²) in [6.07, 6.45) is 1.95. The number of carbonyl (C=O) groups is 1. The molecule has 0 aliphatic heterocycles. The lowest BCUT2D eigenvalue weighted by atomic mass is 9.97. The molecule has 0 unspecified atom stereocenters. The van der Waals surface area contributed by atoms with Crippen molar-refractivity contribution in [1.82, 2.24) is 20.2 Å². The van der Waals surface area contributed by atoms with Gasteiger partial charge in [-0.1, -0.05) is 49.1 Å². The van der Waals surface area contributed by atoms with E-state index >= 15 is 0 Å². The molecule has 0 aliphatic carbocycles.